The predicted octanol–water partition coefficient (Wildman–Crippen LogP) is 3.20. The number of carbonyl (C=O) groups is 1. The molecule has 0 atom stereocenters. The summed E-state index contributed by atoms with van der Waals surface area (Å²) >= 11 is 0. The Hall–Kier alpha value is -3.13. The lowest BCUT2D eigenvalue weighted by molar-refractivity contribution is 0.103. The maximum absolute atomic E-state index is 13.2. The highest BCUT2D eigenvalue weighted by molar-refractivity contribution is 7.93. The van der Waals surface area contributed by atoms with Gasteiger partial charge >= 0.3 is 0 Å². The molecule has 0 unspecified atom stereocenters. The van der Waals surface area contributed by atoms with Crippen LogP contribution in [-0.2, 0) is 10.0 Å². The van der Waals surface area contributed by atoms with Crippen molar-refractivity contribution in [3.63, 3.8) is 0 Å². The lowest BCUT2D eigenvalue weighted by Gasteiger charge is -2.21. The van der Waals surface area contributed by atoms with E-state index >= 15 is 0 Å². The third kappa shape index (κ3) is 2.60. The minimum atomic E-state index is -3.87. The van der Waals surface area contributed by atoms with E-state index in [0.717, 1.165) is 31.6 Å². The number of nitrogens with one attached hydrogen (secondary N) is 2. The van der Waals surface area contributed by atoms with Gasteiger partial charge in [0.2, 0.25) is 0 Å². The van der Waals surface area contributed by atoms with Crippen LogP contribution in [0.1, 0.15) is 23.2 Å². The first kappa shape index (κ1) is 17.0. The van der Waals surface area contributed by atoms with E-state index in [1.54, 1.807) is 30.5 Å². The molecular weight excluding hydrogens is 376 g/mol. The van der Waals surface area contributed by atoms with Crippen LogP contribution in [0.2, 0.25) is 0 Å². The molecule has 8 heteroatoms. The van der Waals surface area contributed by atoms with Crippen LogP contribution in [0.5, 0.6) is 0 Å². The van der Waals surface area contributed by atoms with Gasteiger partial charge in [0.1, 0.15) is 0 Å². The highest BCUT2D eigenvalue weighted by Crippen LogP contribution is 2.37. The number of sulfonamides is 1. The molecule has 0 aliphatic carbocycles. The summed E-state index contributed by atoms with van der Waals surface area (Å²) in [5.74, 6) is -0.216. The number of hydrogen-bond acceptors (Lipinski definition) is 5. The van der Waals surface area contributed by atoms with Crippen LogP contribution in [0.15, 0.2) is 53.7 Å². The summed E-state index contributed by atoms with van der Waals surface area (Å²) in [6.45, 7) is 1.79. The zero-order valence-corrected chi connectivity index (χ0v) is 15.8. The number of aromatic nitrogens is 1. The maximum Gasteiger partial charge on any atom is 0.262 e. The molecule has 1 amide bonds. The second kappa shape index (κ2) is 6.20. The normalized spacial score (nSPS) is 15.9. The Labute approximate surface area is 162 Å². The number of benzene rings is 2. The number of hydrogen-bond donors (Lipinski definition) is 2. The Morgan fingerprint density at radius 1 is 1.07 bits per heavy atom. The quantitative estimate of drug-likeness (QED) is 0.709. The minimum Gasteiger partial charge on any atom is -0.370 e. The van der Waals surface area contributed by atoms with E-state index in [2.05, 4.69) is 19.9 Å². The lowest BCUT2D eigenvalue weighted by atomic mass is 10.1. The molecule has 28 heavy (non-hydrogen) atoms. The Bertz CT molecular complexity index is 1220. The fraction of sp³-hybridized carbons (Fsp3) is 0.200. The molecule has 2 N–H and O–H groups in total. The van der Waals surface area contributed by atoms with Crippen LogP contribution >= 0.6 is 0 Å². The minimum absolute atomic E-state index is 0.140. The second-order valence-corrected chi connectivity index (χ2v) is 8.64. The molecule has 1 saturated heterocycles. The van der Waals surface area contributed by atoms with Crippen LogP contribution in [0.3, 0.4) is 0 Å². The van der Waals surface area contributed by atoms with E-state index in [1.165, 1.54) is 12.3 Å². The largest absolute Gasteiger partial charge is 0.370 e. The zero-order chi connectivity index (χ0) is 19.3. The topological polar surface area (TPSA) is 91.4 Å². The summed E-state index contributed by atoms with van der Waals surface area (Å²) < 4.78 is 29.2. The Balaban J connectivity index is 1.60. The lowest BCUT2D eigenvalue weighted by Crippen LogP contribution is -2.21. The van der Waals surface area contributed by atoms with Gasteiger partial charge in [-0.25, -0.2) is 8.42 Å². The zero-order valence-electron chi connectivity index (χ0n) is 15.0. The standard InChI is InChI=1S/C20H18N4O3S/c25-20-14-5-3-4-13-18(7-6-15(22-20)19(13)14)28(26,27)23-16-12-21-9-8-17(16)24-10-1-2-11-24/h3-9,12,23H,1-2,10-11H2,(H,22,25). The third-order valence-electron chi connectivity index (χ3n) is 5.27. The Kier molecular flexibility index (Phi) is 3.77. The molecule has 1 fully saturated rings. The third-order valence-corrected chi connectivity index (χ3v) is 6.70. The van der Waals surface area contributed by atoms with Gasteiger partial charge in [0.15, 0.2) is 0 Å². The average Bonchev–Trinajstić information content (AvgIpc) is 3.32. The van der Waals surface area contributed by atoms with Crippen molar-refractivity contribution < 1.29 is 13.2 Å². The molecule has 5 rings (SSSR count). The van der Waals surface area contributed by atoms with E-state index in [1.807, 2.05) is 6.07 Å². The van der Waals surface area contributed by atoms with Crippen LogP contribution in [0.25, 0.3) is 10.8 Å². The summed E-state index contributed by atoms with van der Waals surface area (Å²) in [5, 5.41) is 3.94. The smallest absolute Gasteiger partial charge is 0.262 e. The van der Waals surface area contributed by atoms with E-state index < -0.39 is 10.0 Å². The van der Waals surface area contributed by atoms with Crippen LogP contribution < -0.4 is 14.9 Å². The van der Waals surface area contributed by atoms with Gasteiger partial charge in [-0.05, 0) is 37.1 Å². The van der Waals surface area contributed by atoms with E-state index in [4.69, 9.17) is 0 Å². The molecule has 2 aliphatic rings. The molecule has 1 aromatic heterocycles. The molecule has 3 aromatic rings. The molecule has 2 aromatic carbocycles. The number of carbonyl (C=O) groups excluding carboxylic acids is 1. The summed E-state index contributed by atoms with van der Waals surface area (Å²) in [5.41, 5.74) is 2.41. The monoisotopic (exact) mass is 394 g/mol. The summed E-state index contributed by atoms with van der Waals surface area (Å²) in [6.07, 6.45) is 5.38. The van der Waals surface area contributed by atoms with Crippen LogP contribution in [0.4, 0.5) is 17.1 Å². The highest BCUT2D eigenvalue weighted by Gasteiger charge is 2.27. The SMILES string of the molecule is O=C1Nc2ccc(S(=O)(=O)Nc3cnccc3N3CCCC3)c3cccc1c23. The van der Waals surface area contributed by atoms with Gasteiger partial charge in [-0.3, -0.25) is 14.5 Å². The summed E-state index contributed by atoms with van der Waals surface area (Å²) in [4.78, 5) is 18.5. The molecule has 142 valence electrons. The van der Waals surface area contributed by atoms with Crippen molar-refractivity contribution in [3.8, 4) is 0 Å². The number of pyridine rings is 1. The molecule has 0 bridgehead atoms. The van der Waals surface area contributed by atoms with Crippen molar-refractivity contribution in [3.05, 3.63) is 54.4 Å². The summed E-state index contributed by atoms with van der Waals surface area (Å²) in [7, 11) is -3.87. The second-order valence-electron chi connectivity index (χ2n) is 6.99. The highest BCUT2D eigenvalue weighted by atomic mass is 32.2. The molecule has 0 saturated carbocycles. The van der Waals surface area contributed by atoms with Crippen molar-refractivity contribution in [1.82, 2.24) is 4.98 Å². The molecule has 0 radical (unpaired) electrons. The van der Waals surface area contributed by atoms with Gasteiger partial charge < -0.3 is 10.2 Å². The molecule has 0 spiro atoms. The molecule has 7 nitrogen and oxygen atoms in total. The van der Waals surface area contributed by atoms with Gasteiger partial charge in [-0.2, -0.15) is 0 Å². The fourth-order valence-corrected chi connectivity index (χ4v) is 5.26. The Morgan fingerprint density at radius 2 is 1.89 bits per heavy atom. The van der Waals surface area contributed by atoms with E-state index in [9.17, 15) is 13.2 Å². The first-order valence-corrected chi connectivity index (χ1v) is 10.6. The number of amides is 1. The number of rotatable bonds is 4. The van der Waals surface area contributed by atoms with Gasteiger partial charge in [0, 0.05) is 41.3 Å². The van der Waals surface area contributed by atoms with Gasteiger partial charge in [0.25, 0.3) is 15.9 Å². The van der Waals surface area contributed by atoms with Gasteiger partial charge in [-0.1, -0.05) is 12.1 Å². The predicted molar refractivity (Wildman–Crippen MR) is 108 cm³/mol. The Morgan fingerprint density at radius 3 is 2.71 bits per heavy atom. The van der Waals surface area contributed by atoms with Crippen molar-refractivity contribution in [2.45, 2.75) is 17.7 Å². The number of anilines is 3. The maximum atomic E-state index is 13.2. The number of nitrogens with zero attached hydrogens (tertiary/aromatic N) is 2. The van der Waals surface area contributed by atoms with Crippen LogP contribution in [-0.4, -0.2) is 32.4 Å². The molecule has 3 heterocycles. The van der Waals surface area contributed by atoms with Crippen molar-refractivity contribution in [2.24, 2.45) is 0 Å². The van der Waals surface area contributed by atoms with Crippen molar-refractivity contribution in [2.75, 3.05) is 28.0 Å². The average molecular weight is 394 g/mol. The van der Waals surface area contributed by atoms with E-state index in [0.29, 0.717) is 27.7 Å². The molecular formula is C20H18N4O3S. The van der Waals surface area contributed by atoms with Gasteiger partial charge in [0.05, 0.1) is 22.5 Å². The van der Waals surface area contributed by atoms with Crippen molar-refractivity contribution >= 4 is 43.8 Å². The van der Waals surface area contributed by atoms with Crippen LogP contribution in [0, 0.1) is 0 Å². The van der Waals surface area contributed by atoms with Crippen molar-refractivity contribution in [1.29, 1.82) is 0 Å². The molecule has 2 aliphatic heterocycles. The fourth-order valence-electron chi connectivity index (χ4n) is 4.00. The first-order valence-electron chi connectivity index (χ1n) is 9.13. The summed E-state index contributed by atoms with van der Waals surface area (Å²) in [6, 6.07) is 10.1. The van der Waals surface area contributed by atoms with E-state index in [-0.39, 0.29) is 10.8 Å². The first-order chi connectivity index (χ1) is 13.5. The van der Waals surface area contributed by atoms with Gasteiger partial charge in [-0.15, -0.1) is 0 Å².